The lowest BCUT2D eigenvalue weighted by Crippen LogP contribution is -2.41. The third kappa shape index (κ3) is 2.71. The number of aromatic nitrogens is 3. The fourth-order valence-corrected chi connectivity index (χ4v) is 4.99. The molecule has 1 unspecified atom stereocenters. The van der Waals surface area contributed by atoms with E-state index in [0.29, 0.717) is 28.1 Å². The first-order valence-corrected chi connectivity index (χ1v) is 10.1. The second-order valence-corrected chi connectivity index (χ2v) is 9.05. The summed E-state index contributed by atoms with van der Waals surface area (Å²) in [5.41, 5.74) is 0.767. The Balaban J connectivity index is 2.01. The minimum absolute atomic E-state index is 0.0434. The van der Waals surface area contributed by atoms with Crippen LogP contribution in [-0.2, 0) is 7.05 Å². The van der Waals surface area contributed by atoms with Crippen LogP contribution in [0.5, 0.6) is 5.88 Å². The first-order valence-electron chi connectivity index (χ1n) is 7.84. The van der Waals surface area contributed by atoms with Crippen LogP contribution < -0.4 is 15.0 Å². The zero-order valence-electron chi connectivity index (χ0n) is 14.0. The number of benzene rings is 1. The molecule has 9 heteroatoms. The maximum Gasteiger partial charge on any atom is 0.365 e. The number of likely N-dealkylation sites (N-methyl/N-ethyl adjacent to an activating group) is 1. The molecular weight excluding hydrogens is 487 g/mol. The fourth-order valence-electron chi connectivity index (χ4n) is 3.41. The Kier molecular flexibility index (Phi) is 4.44. The molecule has 6 nitrogen and oxygen atoms in total. The lowest BCUT2D eigenvalue weighted by atomic mass is 10.1. The van der Waals surface area contributed by atoms with Crippen molar-refractivity contribution in [3.05, 3.63) is 53.7 Å². The molecule has 0 aliphatic carbocycles. The highest BCUT2D eigenvalue weighted by Gasteiger charge is 2.41. The number of thiazole rings is 1. The maximum atomic E-state index is 13.4. The van der Waals surface area contributed by atoms with Gasteiger partial charge in [-0.05, 0) is 40.3 Å². The fraction of sp³-hybridized carbons (Fsp3) is 0.235. The number of hydrogen-bond acceptors (Lipinski definition) is 5. The first-order chi connectivity index (χ1) is 12.4. The highest BCUT2D eigenvalue weighted by Crippen LogP contribution is 2.35. The number of hydrogen-bond donors (Lipinski definition) is 1. The van der Waals surface area contributed by atoms with Gasteiger partial charge in [-0.1, -0.05) is 23.7 Å². The smallest absolute Gasteiger partial charge is 0.365 e. The molecule has 1 aliphatic rings. The lowest BCUT2D eigenvalue weighted by molar-refractivity contribution is -0.668. The van der Waals surface area contributed by atoms with Gasteiger partial charge in [-0.2, -0.15) is 4.57 Å². The second-order valence-electron chi connectivity index (χ2n) is 6.16. The maximum absolute atomic E-state index is 13.4. The third-order valence-electron chi connectivity index (χ3n) is 4.53. The Morgan fingerprint density at radius 2 is 2.23 bits per heavy atom. The van der Waals surface area contributed by atoms with E-state index in [4.69, 9.17) is 11.6 Å². The Labute approximate surface area is 172 Å². The van der Waals surface area contributed by atoms with Gasteiger partial charge in [0.1, 0.15) is 12.1 Å². The number of rotatable bonds is 2. The molecule has 26 heavy (non-hydrogen) atoms. The summed E-state index contributed by atoms with van der Waals surface area (Å²) in [6.07, 6.45) is 1.71. The van der Waals surface area contributed by atoms with Crippen LogP contribution in [0.15, 0.2) is 35.3 Å². The van der Waals surface area contributed by atoms with Crippen LogP contribution >= 0.6 is 45.5 Å². The molecule has 0 saturated carbocycles. The summed E-state index contributed by atoms with van der Waals surface area (Å²) >= 11 is 9.57. The van der Waals surface area contributed by atoms with E-state index in [0.717, 1.165) is 8.45 Å². The average Bonchev–Trinajstić information content (AvgIpc) is 3.16. The number of aromatic hydroxyl groups is 1. The summed E-state index contributed by atoms with van der Waals surface area (Å²) in [4.78, 5) is 20.4. The summed E-state index contributed by atoms with van der Waals surface area (Å²) in [6, 6.07) is 7.35. The minimum atomic E-state index is -0.225. The first kappa shape index (κ1) is 17.7. The summed E-state index contributed by atoms with van der Waals surface area (Å²) in [5.74, 6) is 0.606. The molecule has 134 valence electrons. The van der Waals surface area contributed by atoms with E-state index in [1.807, 2.05) is 36.2 Å². The predicted molar refractivity (Wildman–Crippen MR) is 110 cm³/mol. The molecule has 1 atom stereocenters. The van der Waals surface area contributed by atoms with E-state index in [9.17, 15) is 9.90 Å². The van der Waals surface area contributed by atoms with E-state index in [1.54, 1.807) is 22.4 Å². The van der Waals surface area contributed by atoms with Crippen molar-refractivity contribution in [1.29, 1.82) is 0 Å². The summed E-state index contributed by atoms with van der Waals surface area (Å²) in [7, 11) is 3.66. The number of fused-ring (bicyclic) bond motifs is 1. The standard InChI is InChI=1S/C17H14ClIN4O2S/c1-21-8-11(12-7-20-16(18)26-12)23-15(25)13(14(24)22(2)17(21)23)9-4-3-5-10(19)6-9/h3-7,11H,8H2,1-2H3/p+1. The Hall–Kier alpha value is -1.65. The highest BCUT2D eigenvalue weighted by atomic mass is 127. The lowest BCUT2D eigenvalue weighted by Gasteiger charge is -2.12. The van der Waals surface area contributed by atoms with Gasteiger partial charge in [-0.15, -0.1) is 11.3 Å². The van der Waals surface area contributed by atoms with Crippen molar-refractivity contribution in [2.24, 2.45) is 7.05 Å². The van der Waals surface area contributed by atoms with Gasteiger partial charge >= 0.3 is 11.5 Å². The Morgan fingerprint density at radius 3 is 2.88 bits per heavy atom. The van der Waals surface area contributed by atoms with E-state index in [1.165, 1.54) is 11.3 Å². The molecule has 2 aromatic heterocycles. The number of anilines is 1. The molecule has 1 aromatic carbocycles. The minimum Gasteiger partial charge on any atom is -0.483 e. The van der Waals surface area contributed by atoms with Crippen molar-refractivity contribution in [3.8, 4) is 17.0 Å². The Morgan fingerprint density at radius 1 is 1.46 bits per heavy atom. The van der Waals surface area contributed by atoms with Crippen LogP contribution in [0.3, 0.4) is 0 Å². The molecule has 0 spiro atoms. The van der Waals surface area contributed by atoms with Gasteiger partial charge in [0.05, 0.1) is 19.0 Å². The average molecular weight is 502 g/mol. The van der Waals surface area contributed by atoms with Crippen molar-refractivity contribution in [1.82, 2.24) is 9.55 Å². The monoisotopic (exact) mass is 501 g/mol. The van der Waals surface area contributed by atoms with Crippen molar-refractivity contribution in [3.63, 3.8) is 0 Å². The van der Waals surface area contributed by atoms with Crippen LogP contribution in [0.4, 0.5) is 5.95 Å². The number of halogens is 2. The quantitative estimate of drug-likeness (QED) is 0.433. The molecule has 0 fully saturated rings. The van der Waals surface area contributed by atoms with Gasteiger partial charge in [-0.3, -0.25) is 4.90 Å². The molecule has 4 rings (SSSR count). The van der Waals surface area contributed by atoms with Crippen LogP contribution in [0.2, 0.25) is 4.47 Å². The zero-order chi connectivity index (χ0) is 18.6. The molecule has 0 amide bonds. The number of nitrogens with zero attached hydrogens (tertiary/aromatic N) is 4. The molecule has 0 bridgehead atoms. The second kappa shape index (κ2) is 6.50. The van der Waals surface area contributed by atoms with Crippen molar-refractivity contribution >= 4 is 51.5 Å². The van der Waals surface area contributed by atoms with Gasteiger partial charge in [0.15, 0.2) is 10.5 Å². The van der Waals surface area contributed by atoms with Gasteiger partial charge in [-0.25, -0.2) is 14.3 Å². The normalized spacial score (nSPS) is 16.2. The largest absolute Gasteiger partial charge is 0.483 e. The third-order valence-corrected chi connectivity index (χ3v) is 6.41. The van der Waals surface area contributed by atoms with E-state index < -0.39 is 0 Å². The van der Waals surface area contributed by atoms with Crippen molar-refractivity contribution in [2.45, 2.75) is 6.04 Å². The van der Waals surface area contributed by atoms with Crippen LogP contribution in [0, 0.1) is 3.57 Å². The van der Waals surface area contributed by atoms with E-state index >= 15 is 0 Å². The van der Waals surface area contributed by atoms with Gasteiger partial charge < -0.3 is 5.11 Å². The Bertz CT molecular complexity index is 1080. The SMILES string of the molecule is CN1CC(c2cnc(Cl)s2)n2c1[n+](C)c(O)c(-c1cccc(I)c1)c2=O. The van der Waals surface area contributed by atoms with Gasteiger partial charge in [0, 0.05) is 9.77 Å². The molecule has 0 saturated heterocycles. The molecule has 3 aromatic rings. The van der Waals surface area contributed by atoms with Crippen molar-refractivity contribution in [2.75, 3.05) is 18.5 Å². The van der Waals surface area contributed by atoms with Gasteiger partial charge in [0.2, 0.25) is 0 Å². The van der Waals surface area contributed by atoms with Crippen molar-refractivity contribution < 1.29 is 9.67 Å². The molecule has 3 heterocycles. The summed E-state index contributed by atoms with van der Waals surface area (Å²) in [5, 5.41) is 10.8. The van der Waals surface area contributed by atoms with Crippen LogP contribution in [-0.4, -0.2) is 28.3 Å². The predicted octanol–water partition coefficient (Wildman–Crippen LogP) is 2.80. The van der Waals surface area contributed by atoms with Crippen LogP contribution in [0.1, 0.15) is 10.9 Å². The van der Waals surface area contributed by atoms with Gasteiger partial charge in [0.25, 0.3) is 5.88 Å². The summed E-state index contributed by atoms with van der Waals surface area (Å²) in [6.45, 7) is 0.608. The highest BCUT2D eigenvalue weighted by molar-refractivity contribution is 14.1. The molecule has 1 aliphatic heterocycles. The van der Waals surface area contributed by atoms with E-state index in [2.05, 4.69) is 27.6 Å². The van der Waals surface area contributed by atoms with Crippen LogP contribution in [0.25, 0.3) is 11.1 Å². The molecule has 0 radical (unpaired) electrons. The van der Waals surface area contributed by atoms with E-state index in [-0.39, 0.29) is 17.5 Å². The molecule has 1 N–H and O–H groups in total. The molecular formula is C17H15ClIN4O2S+. The zero-order valence-corrected chi connectivity index (χ0v) is 17.7. The topological polar surface area (TPSA) is 62.2 Å². The summed E-state index contributed by atoms with van der Waals surface area (Å²) < 4.78 is 4.82.